The van der Waals surface area contributed by atoms with E-state index in [1.165, 1.54) is 140 Å². The molecular formula is C27H55N. The van der Waals surface area contributed by atoms with E-state index >= 15 is 0 Å². The second-order valence-electron chi connectivity index (χ2n) is 9.24. The summed E-state index contributed by atoms with van der Waals surface area (Å²) in [7, 11) is 0. The van der Waals surface area contributed by atoms with E-state index in [9.17, 15) is 0 Å². The molecule has 0 radical (unpaired) electrons. The van der Waals surface area contributed by atoms with E-state index in [0.717, 1.165) is 12.5 Å². The molecule has 0 atom stereocenters. The van der Waals surface area contributed by atoms with Gasteiger partial charge in [-0.15, -0.1) is 0 Å². The topological polar surface area (TPSA) is 26.0 Å². The molecule has 0 aliphatic heterocycles. The van der Waals surface area contributed by atoms with Crippen LogP contribution >= 0.6 is 0 Å². The summed E-state index contributed by atoms with van der Waals surface area (Å²) in [6.07, 6.45) is 29.1. The lowest BCUT2D eigenvalue weighted by Gasteiger charge is -2.18. The zero-order chi connectivity index (χ0) is 20.7. The van der Waals surface area contributed by atoms with Crippen LogP contribution in [-0.2, 0) is 0 Å². The summed E-state index contributed by atoms with van der Waals surface area (Å²) in [4.78, 5) is 0. The third-order valence-corrected chi connectivity index (χ3v) is 6.24. The number of unbranched alkanes of at least 4 members (excludes halogenated alkanes) is 14. The molecule has 0 unspecified atom stereocenters. The second-order valence-corrected chi connectivity index (χ2v) is 9.24. The van der Waals surface area contributed by atoms with E-state index in [2.05, 4.69) is 20.4 Å². The van der Waals surface area contributed by atoms with Crippen LogP contribution in [0.3, 0.4) is 0 Å². The zero-order valence-corrected chi connectivity index (χ0v) is 19.9. The molecule has 0 aromatic heterocycles. The summed E-state index contributed by atoms with van der Waals surface area (Å²) < 4.78 is 0. The molecule has 1 heteroatoms. The van der Waals surface area contributed by atoms with E-state index in [1.54, 1.807) is 0 Å². The minimum Gasteiger partial charge on any atom is -0.330 e. The number of allylic oxidation sites excluding steroid dienone is 1. The van der Waals surface area contributed by atoms with Gasteiger partial charge in [-0.3, -0.25) is 0 Å². The van der Waals surface area contributed by atoms with Gasteiger partial charge in [-0.05, 0) is 38.1 Å². The summed E-state index contributed by atoms with van der Waals surface area (Å²) in [6, 6.07) is 0. The van der Waals surface area contributed by atoms with E-state index in [4.69, 9.17) is 5.73 Å². The van der Waals surface area contributed by atoms with Gasteiger partial charge in [-0.1, -0.05) is 135 Å². The van der Waals surface area contributed by atoms with Gasteiger partial charge in [0, 0.05) is 0 Å². The molecule has 0 heterocycles. The van der Waals surface area contributed by atoms with Crippen LogP contribution in [0.1, 0.15) is 149 Å². The Labute approximate surface area is 179 Å². The quantitative estimate of drug-likeness (QED) is 0.136. The van der Waals surface area contributed by atoms with Crippen molar-refractivity contribution in [2.45, 2.75) is 149 Å². The Kier molecular flexibility index (Phi) is 22.7. The van der Waals surface area contributed by atoms with Crippen LogP contribution in [0.4, 0.5) is 0 Å². The maximum atomic E-state index is 5.58. The van der Waals surface area contributed by atoms with E-state index in [-0.39, 0.29) is 0 Å². The summed E-state index contributed by atoms with van der Waals surface area (Å²) in [5.74, 6) is 0.905. The Bertz CT molecular complexity index is 293. The standard InChI is InChI=1S/C27H55N/c1-4-6-8-10-14-18-22-27(23-19-15-11-9-7-5-2)25-26(3)21-17-13-12-16-20-24-28/h27H,3-25,28H2,1-2H3. The Balaban J connectivity index is 3.99. The van der Waals surface area contributed by atoms with E-state index in [1.807, 2.05) is 0 Å². The lowest BCUT2D eigenvalue weighted by molar-refractivity contribution is 0.396. The molecule has 0 aromatic rings. The average Bonchev–Trinajstić information content (AvgIpc) is 2.69. The molecule has 1 nitrogen and oxygen atoms in total. The van der Waals surface area contributed by atoms with Crippen LogP contribution < -0.4 is 5.73 Å². The predicted octanol–water partition coefficient (Wildman–Crippen LogP) is 9.35. The fraction of sp³-hybridized carbons (Fsp3) is 0.926. The summed E-state index contributed by atoms with van der Waals surface area (Å²) in [5.41, 5.74) is 7.11. The maximum absolute atomic E-state index is 5.58. The zero-order valence-electron chi connectivity index (χ0n) is 19.9. The molecule has 0 saturated heterocycles. The number of hydrogen-bond donors (Lipinski definition) is 1. The molecule has 0 spiro atoms. The van der Waals surface area contributed by atoms with E-state index < -0.39 is 0 Å². The molecule has 0 aromatic carbocycles. The van der Waals surface area contributed by atoms with Gasteiger partial charge in [0.15, 0.2) is 0 Å². The van der Waals surface area contributed by atoms with E-state index in [0.29, 0.717) is 0 Å². The fourth-order valence-corrected chi connectivity index (χ4v) is 4.34. The van der Waals surface area contributed by atoms with Crippen LogP contribution in [0.15, 0.2) is 12.2 Å². The molecule has 0 aliphatic carbocycles. The Morgan fingerprint density at radius 1 is 0.607 bits per heavy atom. The van der Waals surface area contributed by atoms with Crippen molar-refractivity contribution in [1.82, 2.24) is 0 Å². The second kappa shape index (κ2) is 23.0. The van der Waals surface area contributed by atoms with Crippen LogP contribution in [0.5, 0.6) is 0 Å². The Hall–Kier alpha value is -0.300. The number of nitrogens with two attached hydrogens (primary N) is 1. The highest BCUT2D eigenvalue weighted by atomic mass is 14.5. The average molecular weight is 394 g/mol. The van der Waals surface area contributed by atoms with Crippen LogP contribution in [0, 0.1) is 5.92 Å². The maximum Gasteiger partial charge on any atom is -0.00773 e. The molecule has 0 saturated carbocycles. The molecule has 0 rings (SSSR count). The predicted molar refractivity (Wildman–Crippen MR) is 130 cm³/mol. The normalized spacial score (nSPS) is 11.4. The minimum atomic E-state index is 0.852. The highest BCUT2D eigenvalue weighted by Crippen LogP contribution is 2.27. The smallest absolute Gasteiger partial charge is 0.00773 e. The van der Waals surface area contributed by atoms with Gasteiger partial charge in [-0.25, -0.2) is 0 Å². The Morgan fingerprint density at radius 3 is 1.54 bits per heavy atom. The first-order valence-electron chi connectivity index (χ1n) is 13.1. The first-order chi connectivity index (χ1) is 13.7. The van der Waals surface area contributed by atoms with Crippen molar-refractivity contribution >= 4 is 0 Å². The highest BCUT2D eigenvalue weighted by Gasteiger charge is 2.10. The Morgan fingerprint density at radius 2 is 1.04 bits per heavy atom. The van der Waals surface area contributed by atoms with Crippen molar-refractivity contribution in [2.24, 2.45) is 11.7 Å². The monoisotopic (exact) mass is 393 g/mol. The number of hydrogen-bond acceptors (Lipinski definition) is 1. The molecular weight excluding hydrogens is 338 g/mol. The highest BCUT2D eigenvalue weighted by molar-refractivity contribution is 4.95. The lowest BCUT2D eigenvalue weighted by atomic mass is 9.87. The van der Waals surface area contributed by atoms with Gasteiger partial charge in [0.1, 0.15) is 0 Å². The first kappa shape index (κ1) is 27.7. The van der Waals surface area contributed by atoms with Crippen LogP contribution in [0.2, 0.25) is 0 Å². The third kappa shape index (κ3) is 20.4. The minimum absolute atomic E-state index is 0.852. The molecule has 0 aliphatic rings. The molecule has 28 heavy (non-hydrogen) atoms. The van der Waals surface area contributed by atoms with Crippen molar-refractivity contribution in [1.29, 1.82) is 0 Å². The third-order valence-electron chi connectivity index (χ3n) is 6.24. The SMILES string of the molecule is C=C(CCCCCCCN)CC(CCCCCCCC)CCCCCCCC. The van der Waals surface area contributed by atoms with Crippen LogP contribution in [0.25, 0.3) is 0 Å². The number of rotatable bonds is 23. The van der Waals surface area contributed by atoms with Gasteiger partial charge >= 0.3 is 0 Å². The molecule has 0 bridgehead atoms. The van der Waals surface area contributed by atoms with Gasteiger partial charge in [0.25, 0.3) is 0 Å². The summed E-state index contributed by atoms with van der Waals surface area (Å²) in [6.45, 7) is 9.91. The fourth-order valence-electron chi connectivity index (χ4n) is 4.34. The van der Waals surface area contributed by atoms with Crippen molar-refractivity contribution < 1.29 is 0 Å². The van der Waals surface area contributed by atoms with Crippen molar-refractivity contribution in [2.75, 3.05) is 6.54 Å². The summed E-state index contributed by atoms with van der Waals surface area (Å²) in [5, 5.41) is 0. The van der Waals surface area contributed by atoms with Gasteiger partial charge < -0.3 is 5.73 Å². The van der Waals surface area contributed by atoms with Crippen molar-refractivity contribution in [3.8, 4) is 0 Å². The van der Waals surface area contributed by atoms with Gasteiger partial charge in [-0.2, -0.15) is 0 Å². The van der Waals surface area contributed by atoms with Gasteiger partial charge in [0.05, 0.1) is 0 Å². The molecule has 2 N–H and O–H groups in total. The summed E-state index contributed by atoms with van der Waals surface area (Å²) >= 11 is 0. The molecule has 168 valence electrons. The van der Waals surface area contributed by atoms with Crippen molar-refractivity contribution in [3.63, 3.8) is 0 Å². The molecule has 0 amide bonds. The largest absolute Gasteiger partial charge is 0.330 e. The van der Waals surface area contributed by atoms with Crippen LogP contribution in [-0.4, -0.2) is 6.54 Å². The van der Waals surface area contributed by atoms with Gasteiger partial charge in [0.2, 0.25) is 0 Å². The lowest BCUT2D eigenvalue weighted by Crippen LogP contribution is -2.03. The first-order valence-corrected chi connectivity index (χ1v) is 13.1. The van der Waals surface area contributed by atoms with Crippen molar-refractivity contribution in [3.05, 3.63) is 12.2 Å². The molecule has 0 fully saturated rings.